The highest BCUT2D eigenvalue weighted by molar-refractivity contribution is 5.74. The van der Waals surface area contributed by atoms with Gasteiger partial charge in [-0.1, -0.05) is 0 Å². The fourth-order valence-corrected chi connectivity index (χ4v) is 0.963. The van der Waals surface area contributed by atoms with Crippen molar-refractivity contribution in [1.82, 2.24) is 9.97 Å². The van der Waals surface area contributed by atoms with Gasteiger partial charge in [0.25, 0.3) is 6.43 Å². The second kappa shape index (κ2) is 5.94. The van der Waals surface area contributed by atoms with E-state index in [0.29, 0.717) is 0 Å². The van der Waals surface area contributed by atoms with Crippen LogP contribution in [-0.4, -0.2) is 29.1 Å². The Balaban J connectivity index is 2.54. The molecule has 0 unspecified atom stereocenters. The van der Waals surface area contributed by atoms with Gasteiger partial charge in [0.1, 0.15) is 24.4 Å². The third kappa shape index (κ3) is 3.76. The van der Waals surface area contributed by atoms with Gasteiger partial charge in [0.15, 0.2) is 0 Å². The molecule has 0 bridgehead atoms. The molecule has 0 spiro atoms. The Labute approximate surface area is 90.9 Å². The average molecular weight is 231 g/mol. The van der Waals surface area contributed by atoms with Gasteiger partial charge in [-0.2, -0.15) is 0 Å². The molecular formula is C9H11F2N3O2. The zero-order valence-electron chi connectivity index (χ0n) is 8.61. The molecule has 1 heterocycles. The number of carbonyl (C=O) groups excluding carboxylic acids is 1. The molecule has 0 aliphatic rings. The monoisotopic (exact) mass is 231 g/mol. The fourth-order valence-electron chi connectivity index (χ4n) is 0.963. The van der Waals surface area contributed by atoms with Crippen LogP contribution in [0.15, 0.2) is 12.4 Å². The normalized spacial score (nSPS) is 10.2. The predicted molar refractivity (Wildman–Crippen MR) is 52.1 cm³/mol. The summed E-state index contributed by atoms with van der Waals surface area (Å²) in [7, 11) is 0. The Bertz CT molecular complexity index is 360. The minimum Gasteiger partial charge on any atom is -0.465 e. The van der Waals surface area contributed by atoms with Crippen molar-refractivity contribution in [2.75, 3.05) is 18.5 Å². The lowest BCUT2D eigenvalue weighted by Gasteiger charge is -2.05. The number of hydrogen-bond donors (Lipinski definition) is 1. The first-order valence-corrected chi connectivity index (χ1v) is 4.63. The Morgan fingerprint density at radius 2 is 2.31 bits per heavy atom. The molecule has 0 amide bonds. The molecule has 0 fully saturated rings. The molecule has 0 atom stereocenters. The number of nitrogens with zero attached hydrogens (tertiary/aromatic N) is 2. The zero-order chi connectivity index (χ0) is 12.0. The van der Waals surface area contributed by atoms with Crippen LogP contribution in [0.3, 0.4) is 0 Å². The van der Waals surface area contributed by atoms with Crippen molar-refractivity contribution >= 4 is 11.8 Å². The number of nitrogens with one attached hydrogen (secondary N) is 1. The van der Waals surface area contributed by atoms with E-state index in [-0.39, 0.29) is 24.7 Å². The first kappa shape index (κ1) is 12.3. The minimum atomic E-state index is -2.66. The lowest BCUT2D eigenvalue weighted by molar-refractivity contribution is -0.140. The SMILES string of the molecule is CCOC(=O)CNc1cc(C(F)F)ncn1. The lowest BCUT2D eigenvalue weighted by atomic mass is 10.4. The maximum absolute atomic E-state index is 12.3. The summed E-state index contributed by atoms with van der Waals surface area (Å²) in [5.41, 5.74) is -0.388. The van der Waals surface area contributed by atoms with Crippen molar-refractivity contribution in [3.63, 3.8) is 0 Å². The number of esters is 1. The van der Waals surface area contributed by atoms with Crippen LogP contribution in [-0.2, 0) is 9.53 Å². The first-order valence-electron chi connectivity index (χ1n) is 4.63. The third-order valence-electron chi connectivity index (χ3n) is 1.63. The van der Waals surface area contributed by atoms with Gasteiger partial charge in [-0.15, -0.1) is 0 Å². The van der Waals surface area contributed by atoms with E-state index < -0.39 is 12.4 Å². The molecule has 0 saturated carbocycles. The highest BCUT2D eigenvalue weighted by Gasteiger charge is 2.10. The number of anilines is 1. The van der Waals surface area contributed by atoms with Crippen LogP contribution in [0.4, 0.5) is 14.6 Å². The van der Waals surface area contributed by atoms with Crippen LogP contribution in [0.25, 0.3) is 0 Å². The molecule has 0 radical (unpaired) electrons. The summed E-state index contributed by atoms with van der Waals surface area (Å²) in [4.78, 5) is 18.0. The van der Waals surface area contributed by atoms with Crippen LogP contribution < -0.4 is 5.32 Å². The van der Waals surface area contributed by atoms with Crippen LogP contribution in [0.5, 0.6) is 0 Å². The summed E-state index contributed by atoms with van der Waals surface area (Å²) in [5.74, 6) is -0.307. The molecule has 0 saturated heterocycles. The summed E-state index contributed by atoms with van der Waals surface area (Å²) in [5, 5.41) is 2.57. The molecule has 1 aromatic heterocycles. The maximum Gasteiger partial charge on any atom is 0.325 e. The summed E-state index contributed by atoms with van der Waals surface area (Å²) >= 11 is 0. The van der Waals surface area contributed by atoms with Gasteiger partial charge in [-0.05, 0) is 6.92 Å². The van der Waals surface area contributed by atoms with Gasteiger partial charge in [0, 0.05) is 6.07 Å². The number of halogens is 2. The number of carbonyl (C=O) groups is 1. The third-order valence-corrected chi connectivity index (χ3v) is 1.63. The quantitative estimate of drug-likeness (QED) is 0.776. The van der Waals surface area contributed by atoms with Crippen molar-refractivity contribution in [2.24, 2.45) is 0 Å². The molecule has 88 valence electrons. The second-order valence-electron chi connectivity index (χ2n) is 2.79. The number of ether oxygens (including phenoxy) is 1. The first-order chi connectivity index (χ1) is 7.63. The summed E-state index contributed by atoms with van der Waals surface area (Å²) in [6.45, 7) is 1.83. The number of hydrogen-bond acceptors (Lipinski definition) is 5. The Hall–Kier alpha value is -1.79. The fraction of sp³-hybridized carbons (Fsp3) is 0.444. The van der Waals surface area contributed by atoms with Crippen molar-refractivity contribution < 1.29 is 18.3 Å². The van der Waals surface area contributed by atoms with Crippen LogP contribution in [0, 0.1) is 0 Å². The average Bonchev–Trinajstić information content (AvgIpc) is 2.27. The van der Waals surface area contributed by atoms with Gasteiger partial charge >= 0.3 is 5.97 Å². The summed E-state index contributed by atoms with van der Waals surface area (Å²) < 4.78 is 29.2. The van der Waals surface area contributed by atoms with Crippen LogP contribution in [0.2, 0.25) is 0 Å². The van der Waals surface area contributed by atoms with Gasteiger partial charge in [0.05, 0.1) is 6.61 Å². The molecule has 1 rings (SSSR count). The standard InChI is InChI=1S/C9H11F2N3O2/c1-2-16-8(15)4-12-7-3-6(9(10)11)13-5-14-7/h3,5,9H,2,4H2,1H3,(H,12,13,14). The molecule has 1 aromatic rings. The number of alkyl halides is 2. The van der Waals surface area contributed by atoms with E-state index >= 15 is 0 Å². The molecule has 16 heavy (non-hydrogen) atoms. The Morgan fingerprint density at radius 1 is 1.56 bits per heavy atom. The molecule has 0 aliphatic carbocycles. The summed E-state index contributed by atoms with van der Waals surface area (Å²) in [6.07, 6.45) is -1.65. The van der Waals surface area contributed by atoms with Gasteiger partial charge in [-0.25, -0.2) is 18.7 Å². The van der Waals surface area contributed by atoms with Crippen molar-refractivity contribution in [3.8, 4) is 0 Å². The Morgan fingerprint density at radius 3 is 2.94 bits per heavy atom. The molecule has 0 aromatic carbocycles. The van der Waals surface area contributed by atoms with E-state index in [1.165, 1.54) is 0 Å². The van der Waals surface area contributed by atoms with E-state index in [1.54, 1.807) is 6.92 Å². The van der Waals surface area contributed by atoms with Gasteiger partial charge in [0.2, 0.25) is 0 Å². The van der Waals surface area contributed by atoms with E-state index in [0.717, 1.165) is 12.4 Å². The van der Waals surface area contributed by atoms with E-state index in [2.05, 4.69) is 20.0 Å². The lowest BCUT2D eigenvalue weighted by Crippen LogP contribution is -2.17. The van der Waals surface area contributed by atoms with Crippen LogP contribution in [0.1, 0.15) is 19.0 Å². The van der Waals surface area contributed by atoms with Crippen molar-refractivity contribution in [1.29, 1.82) is 0 Å². The number of rotatable bonds is 5. The largest absolute Gasteiger partial charge is 0.465 e. The topological polar surface area (TPSA) is 64.1 Å². The summed E-state index contributed by atoms with van der Waals surface area (Å²) in [6, 6.07) is 1.09. The van der Waals surface area contributed by atoms with Crippen LogP contribution >= 0.6 is 0 Å². The second-order valence-corrected chi connectivity index (χ2v) is 2.79. The highest BCUT2D eigenvalue weighted by atomic mass is 19.3. The smallest absolute Gasteiger partial charge is 0.325 e. The molecule has 7 heteroatoms. The maximum atomic E-state index is 12.3. The minimum absolute atomic E-state index is 0.118. The Kier molecular flexibility index (Phi) is 4.56. The zero-order valence-corrected chi connectivity index (χ0v) is 8.61. The molecular weight excluding hydrogens is 220 g/mol. The van der Waals surface area contributed by atoms with Gasteiger partial charge in [-0.3, -0.25) is 4.79 Å². The van der Waals surface area contributed by atoms with Crippen molar-refractivity contribution in [3.05, 3.63) is 18.1 Å². The molecule has 0 aliphatic heterocycles. The van der Waals surface area contributed by atoms with Crippen molar-refractivity contribution in [2.45, 2.75) is 13.3 Å². The number of aromatic nitrogens is 2. The van der Waals surface area contributed by atoms with E-state index in [4.69, 9.17) is 0 Å². The van der Waals surface area contributed by atoms with E-state index in [9.17, 15) is 13.6 Å². The molecule has 1 N–H and O–H groups in total. The van der Waals surface area contributed by atoms with E-state index in [1.807, 2.05) is 0 Å². The predicted octanol–water partition coefficient (Wildman–Crippen LogP) is 1.39. The van der Waals surface area contributed by atoms with Gasteiger partial charge < -0.3 is 10.1 Å². The molecule has 5 nitrogen and oxygen atoms in total. The highest BCUT2D eigenvalue weighted by Crippen LogP contribution is 2.17.